The Kier molecular flexibility index (Phi) is 5.41. The fraction of sp³-hybridized carbons (Fsp3) is 0.333. The number of hydrogen-bond acceptors (Lipinski definition) is 3. The lowest BCUT2D eigenvalue weighted by Gasteiger charge is -2.20. The number of benzene rings is 1. The lowest BCUT2D eigenvalue weighted by molar-refractivity contribution is 0.187. The van der Waals surface area contributed by atoms with Gasteiger partial charge in [0, 0.05) is 31.0 Å². The lowest BCUT2D eigenvalue weighted by atomic mass is 10.1. The zero-order valence-corrected chi connectivity index (χ0v) is 13.2. The van der Waals surface area contributed by atoms with E-state index in [1.165, 1.54) is 0 Å². The van der Waals surface area contributed by atoms with Crippen LogP contribution in [0.2, 0.25) is 5.02 Å². The summed E-state index contributed by atoms with van der Waals surface area (Å²) in [6.07, 6.45) is 2.88. The summed E-state index contributed by atoms with van der Waals surface area (Å²) < 4.78 is 1.84. The van der Waals surface area contributed by atoms with Crippen molar-refractivity contribution in [3.05, 3.63) is 53.1 Å². The number of aryl methyl sites for hydroxylation is 1. The van der Waals surface area contributed by atoms with Gasteiger partial charge in [-0.25, -0.2) is 9.78 Å². The number of imidazole rings is 1. The monoisotopic (exact) mass is 322 g/mol. The number of hydrogen-bond donors (Lipinski definition) is 3. The van der Waals surface area contributed by atoms with Crippen LogP contribution in [0.3, 0.4) is 0 Å². The van der Waals surface area contributed by atoms with E-state index in [0.29, 0.717) is 10.8 Å². The average Bonchev–Trinajstić information content (AvgIpc) is 2.90. The van der Waals surface area contributed by atoms with Crippen LogP contribution >= 0.6 is 11.6 Å². The molecule has 22 heavy (non-hydrogen) atoms. The summed E-state index contributed by atoms with van der Waals surface area (Å²) in [6, 6.07) is 6.44. The molecular weight excluding hydrogens is 304 g/mol. The molecule has 2 unspecified atom stereocenters. The summed E-state index contributed by atoms with van der Waals surface area (Å²) in [5.41, 5.74) is 0.867. The molecule has 0 aliphatic carbocycles. The van der Waals surface area contributed by atoms with Gasteiger partial charge in [-0.2, -0.15) is 0 Å². The minimum Gasteiger partial charge on any atom is -0.392 e. The first-order chi connectivity index (χ1) is 10.5. The van der Waals surface area contributed by atoms with Crippen LogP contribution in [0.1, 0.15) is 24.4 Å². The molecule has 2 rings (SSSR count). The van der Waals surface area contributed by atoms with Crippen LogP contribution in [0.25, 0.3) is 0 Å². The molecule has 0 fully saturated rings. The quantitative estimate of drug-likeness (QED) is 0.786. The van der Waals surface area contributed by atoms with Crippen molar-refractivity contribution in [1.82, 2.24) is 20.2 Å². The third kappa shape index (κ3) is 4.22. The highest BCUT2D eigenvalue weighted by molar-refractivity contribution is 6.30. The highest BCUT2D eigenvalue weighted by atomic mass is 35.5. The van der Waals surface area contributed by atoms with E-state index in [1.54, 1.807) is 25.3 Å². The van der Waals surface area contributed by atoms with Crippen LogP contribution in [0, 0.1) is 0 Å². The first-order valence-electron chi connectivity index (χ1n) is 6.92. The third-order valence-electron chi connectivity index (χ3n) is 3.15. The number of amides is 2. The second-order valence-corrected chi connectivity index (χ2v) is 5.52. The van der Waals surface area contributed by atoms with Crippen LogP contribution < -0.4 is 10.6 Å². The number of aliphatic hydroxyl groups excluding tert-OH is 1. The number of nitrogens with one attached hydrogen (secondary N) is 2. The van der Waals surface area contributed by atoms with Gasteiger partial charge in [0.1, 0.15) is 11.9 Å². The molecule has 118 valence electrons. The molecule has 0 aliphatic rings. The summed E-state index contributed by atoms with van der Waals surface area (Å²) in [5.74, 6) is 0.703. The molecule has 0 saturated carbocycles. The molecule has 7 heteroatoms. The minimum atomic E-state index is -0.604. The van der Waals surface area contributed by atoms with Crippen LogP contribution in [-0.2, 0) is 7.05 Å². The second-order valence-electron chi connectivity index (χ2n) is 5.08. The Morgan fingerprint density at radius 1 is 1.41 bits per heavy atom. The maximum absolute atomic E-state index is 12.0. The number of carbonyl (C=O) groups is 1. The molecule has 0 aliphatic heterocycles. The maximum Gasteiger partial charge on any atom is 0.315 e. The number of urea groups is 1. The zero-order chi connectivity index (χ0) is 16.1. The minimum absolute atomic E-state index is 0.180. The van der Waals surface area contributed by atoms with Crippen molar-refractivity contribution in [3.63, 3.8) is 0 Å². The van der Waals surface area contributed by atoms with Gasteiger partial charge in [-0.1, -0.05) is 23.7 Å². The summed E-state index contributed by atoms with van der Waals surface area (Å²) in [5, 5.41) is 15.3. The van der Waals surface area contributed by atoms with Crippen molar-refractivity contribution >= 4 is 17.6 Å². The van der Waals surface area contributed by atoms with E-state index in [0.717, 1.165) is 5.56 Å². The molecule has 2 atom stereocenters. The Balaban J connectivity index is 2.21. The Hall–Kier alpha value is -2.05. The van der Waals surface area contributed by atoms with Gasteiger partial charge in [0.15, 0.2) is 0 Å². The fourth-order valence-corrected chi connectivity index (χ4v) is 2.16. The van der Waals surface area contributed by atoms with E-state index in [4.69, 9.17) is 11.6 Å². The summed E-state index contributed by atoms with van der Waals surface area (Å²) in [4.78, 5) is 16.3. The molecule has 0 saturated heterocycles. The fourth-order valence-electron chi connectivity index (χ4n) is 2.03. The molecule has 6 nitrogen and oxygen atoms in total. The number of rotatable bonds is 5. The lowest BCUT2D eigenvalue weighted by Crippen LogP contribution is -2.41. The van der Waals surface area contributed by atoms with E-state index in [2.05, 4.69) is 15.6 Å². The van der Waals surface area contributed by atoms with Crippen molar-refractivity contribution in [2.45, 2.75) is 19.1 Å². The van der Waals surface area contributed by atoms with Gasteiger partial charge in [0.05, 0.1) is 6.10 Å². The van der Waals surface area contributed by atoms with Crippen LogP contribution in [0.4, 0.5) is 4.79 Å². The normalized spacial score (nSPS) is 13.5. The molecule has 0 bridgehead atoms. The van der Waals surface area contributed by atoms with Crippen molar-refractivity contribution in [1.29, 1.82) is 0 Å². The Bertz CT molecular complexity index is 625. The van der Waals surface area contributed by atoms with Gasteiger partial charge in [0.2, 0.25) is 0 Å². The van der Waals surface area contributed by atoms with E-state index in [9.17, 15) is 9.90 Å². The average molecular weight is 323 g/mol. The zero-order valence-electron chi connectivity index (χ0n) is 12.5. The number of halogens is 1. The van der Waals surface area contributed by atoms with Crippen molar-refractivity contribution in [3.8, 4) is 0 Å². The second kappa shape index (κ2) is 7.29. The number of aromatic nitrogens is 2. The van der Waals surface area contributed by atoms with Gasteiger partial charge in [0.25, 0.3) is 0 Å². The van der Waals surface area contributed by atoms with Crippen molar-refractivity contribution < 1.29 is 9.90 Å². The molecule has 2 amide bonds. The molecule has 3 N–H and O–H groups in total. The molecule has 0 radical (unpaired) electrons. The van der Waals surface area contributed by atoms with Gasteiger partial charge in [-0.15, -0.1) is 0 Å². The Morgan fingerprint density at radius 3 is 2.64 bits per heavy atom. The largest absolute Gasteiger partial charge is 0.392 e. The smallest absolute Gasteiger partial charge is 0.315 e. The first-order valence-corrected chi connectivity index (χ1v) is 7.30. The van der Waals surface area contributed by atoms with Gasteiger partial charge in [-0.05, 0) is 24.6 Å². The molecular formula is C15H19ClN4O2. The van der Waals surface area contributed by atoms with Gasteiger partial charge >= 0.3 is 6.03 Å². The topological polar surface area (TPSA) is 79.2 Å². The van der Waals surface area contributed by atoms with Gasteiger partial charge in [-0.3, -0.25) is 0 Å². The SMILES string of the molecule is CC(O)CNC(=O)NC(c1ccc(Cl)cc1)c1nccn1C. The van der Waals surface area contributed by atoms with E-state index < -0.39 is 12.1 Å². The summed E-state index contributed by atoms with van der Waals surface area (Å²) in [6.45, 7) is 1.79. The van der Waals surface area contributed by atoms with E-state index in [1.807, 2.05) is 29.9 Å². The van der Waals surface area contributed by atoms with Crippen LogP contribution in [0.15, 0.2) is 36.7 Å². The summed E-state index contributed by atoms with van der Waals surface area (Å²) >= 11 is 5.91. The highest BCUT2D eigenvalue weighted by Gasteiger charge is 2.20. The van der Waals surface area contributed by atoms with Crippen LogP contribution in [0.5, 0.6) is 0 Å². The molecule has 1 aromatic heterocycles. The highest BCUT2D eigenvalue weighted by Crippen LogP contribution is 2.22. The molecule has 0 spiro atoms. The van der Waals surface area contributed by atoms with Crippen molar-refractivity contribution in [2.24, 2.45) is 7.05 Å². The standard InChI is InChI=1S/C15H19ClN4O2/c1-10(21)9-18-15(22)19-13(14-17-7-8-20(14)2)11-3-5-12(16)6-4-11/h3-8,10,13,21H,9H2,1-2H3,(H2,18,19,22). The van der Waals surface area contributed by atoms with Gasteiger partial charge < -0.3 is 20.3 Å². The molecule has 1 heterocycles. The molecule has 1 aromatic carbocycles. The number of carbonyl (C=O) groups excluding carboxylic acids is 1. The summed E-state index contributed by atoms with van der Waals surface area (Å²) in [7, 11) is 1.86. The number of aliphatic hydroxyl groups is 1. The maximum atomic E-state index is 12.0. The third-order valence-corrected chi connectivity index (χ3v) is 3.41. The predicted octanol–water partition coefficient (Wildman–Crippen LogP) is 1.84. The molecule has 2 aromatic rings. The predicted molar refractivity (Wildman–Crippen MR) is 84.7 cm³/mol. The van der Waals surface area contributed by atoms with Crippen LogP contribution in [-0.4, -0.2) is 33.3 Å². The van der Waals surface area contributed by atoms with Crippen molar-refractivity contribution in [2.75, 3.05) is 6.54 Å². The van der Waals surface area contributed by atoms with E-state index >= 15 is 0 Å². The Morgan fingerprint density at radius 2 is 2.09 bits per heavy atom. The Labute approximate surface area is 134 Å². The first kappa shape index (κ1) is 16.3. The number of nitrogens with zero attached hydrogens (tertiary/aromatic N) is 2. The van der Waals surface area contributed by atoms with E-state index in [-0.39, 0.29) is 12.6 Å².